The van der Waals surface area contributed by atoms with Gasteiger partial charge in [-0.15, -0.1) is 0 Å². The summed E-state index contributed by atoms with van der Waals surface area (Å²) in [6.07, 6.45) is 5.58. The van der Waals surface area contributed by atoms with E-state index in [0.29, 0.717) is 17.6 Å². The summed E-state index contributed by atoms with van der Waals surface area (Å²) < 4.78 is 22.9. The molecule has 0 aromatic heterocycles. The molecule has 0 radical (unpaired) electrons. The summed E-state index contributed by atoms with van der Waals surface area (Å²) in [7, 11) is -2.79. The van der Waals surface area contributed by atoms with Crippen molar-refractivity contribution >= 4 is 9.84 Å². The van der Waals surface area contributed by atoms with Gasteiger partial charge in [-0.25, -0.2) is 8.42 Å². The molecule has 3 nitrogen and oxygen atoms in total. The second-order valence-corrected chi connectivity index (χ2v) is 8.03. The fraction of sp³-hybridized carbons (Fsp3) is 1.00. The van der Waals surface area contributed by atoms with Gasteiger partial charge in [-0.1, -0.05) is 20.3 Å². The van der Waals surface area contributed by atoms with Crippen molar-refractivity contribution in [1.29, 1.82) is 0 Å². The third-order valence-electron chi connectivity index (χ3n) is 4.17. The summed E-state index contributed by atoms with van der Waals surface area (Å²) in [6.45, 7) is 4.78. The molecule has 1 saturated carbocycles. The van der Waals surface area contributed by atoms with Crippen LogP contribution < -0.4 is 5.73 Å². The van der Waals surface area contributed by atoms with E-state index in [4.69, 9.17) is 5.73 Å². The minimum Gasteiger partial charge on any atom is -0.330 e. The molecule has 3 atom stereocenters. The molecule has 1 aliphatic rings. The third-order valence-corrected chi connectivity index (χ3v) is 5.97. The van der Waals surface area contributed by atoms with Crippen LogP contribution in [0, 0.1) is 17.8 Å². The van der Waals surface area contributed by atoms with Crippen LogP contribution in [0.25, 0.3) is 0 Å². The van der Waals surface area contributed by atoms with Gasteiger partial charge < -0.3 is 5.73 Å². The summed E-state index contributed by atoms with van der Waals surface area (Å²) in [5, 5.41) is 0. The number of hydrogen-bond acceptors (Lipinski definition) is 3. The van der Waals surface area contributed by atoms with E-state index in [9.17, 15) is 8.42 Å². The van der Waals surface area contributed by atoms with Crippen molar-refractivity contribution < 1.29 is 8.42 Å². The minimum absolute atomic E-state index is 0.272. The van der Waals surface area contributed by atoms with Crippen molar-refractivity contribution in [3.8, 4) is 0 Å². The standard InChI is InChI=1S/C13H27NO2S/c1-3-17(15,16)8-4-5-12-9-11(2)6-7-13(12)10-14/h11-13H,3-10,14H2,1-2H3. The highest BCUT2D eigenvalue weighted by Crippen LogP contribution is 2.35. The molecule has 0 aromatic rings. The molecule has 1 aliphatic carbocycles. The zero-order valence-corrected chi connectivity index (χ0v) is 12.0. The SMILES string of the molecule is CCS(=O)(=O)CCCC1CC(C)CCC1CN. The van der Waals surface area contributed by atoms with Crippen molar-refractivity contribution in [2.75, 3.05) is 18.1 Å². The highest BCUT2D eigenvalue weighted by molar-refractivity contribution is 7.91. The summed E-state index contributed by atoms with van der Waals surface area (Å²) in [6, 6.07) is 0. The lowest BCUT2D eigenvalue weighted by atomic mass is 9.73. The van der Waals surface area contributed by atoms with Gasteiger partial charge in [0.15, 0.2) is 0 Å². The normalized spacial score (nSPS) is 30.4. The van der Waals surface area contributed by atoms with Crippen LogP contribution in [0.2, 0.25) is 0 Å². The molecule has 0 aromatic carbocycles. The smallest absolute Gasteiger partial charge is 0.150 e. The second-order valence-electron chi connectivity index (χ2n) is 5.55. The first-order valence-electron chi connectivity index (χ1n) is 6.89. The Bertz CT molecular complexity index is 313. The second kappa shape index (κ2) is 6.74. The lowest BCUT2D eigenvalue weighted by Gasteiger charge is -2.34. The Morgan fingerprint density at radius 1 is 1.24 bits per heavy atom. The maximum absolute atomic E-state index is 11.4. The zero-order chi connectivity index (χ0) is 12.9. The van der Waals surface area contributed by atoms with Crippen LogP contribution in [0.15, 0.2) is 0 Å². The molecule has 1 fully saturated rings. The maximum Gasteiger partial charge on any atom is 0.150 e. The largest absolute Gasteiger partial charge is 0.330 e. The zero-order valence-electron chi connectivity index (χ0n) is 11.2. The van der Waals surface area contributed by atoms with Gasteiger partial charge in [0.1, 0.15) is 9.84 Å². The van der Waals surface area contributed by atoms with Crippen molar-refractivity contribution in [3.63, 3.8) is 0 Å². The van der Waals surface area contributed by atoms with Crippen LogP contribution in [0.1, 0.15) is 46.0 Å². The average molecular weight is 261 g/mol. The maximum atomic E-state index is 11.4. The average Bonchev–Trinajstić information content (AvgIpc) is 2.29. The quantitative estimate of drug-likeness (QED) is 0.797. The number of sulfone groups is 1. The molecule has 1 rings (SSSR count). The van der Waals surface area contributed by atoms with Crippen LogP contribution in [0.3, 0.4) is 0 Å². The minimum atomic E-state index is -2.79. The molecular formula is C13H27NO2S. The molecule has 17 heavy (non-hydrogen) atoms. The highest BCUT2D eigenvalue weighted by Gasteiger charge is 2.27. The Morgan fingerprint density at radius 2 is 1.94 bits per heavy atom. The fourth-order valence-corrected chi connectivity index (χ4v) is 3.83. The predicted molar refractivity (Wildman–Crippen MR) is 72.6 cm³/mol. The first kappa shape index (κ1) is 15.0. The van der Waals surface area contributed by atoms with E-state index < -0.39 is 9.84 Å². The van der Waals surface area contributed by atoms with Gasteiger partial charge in [0.25, 0.3) is 0 Å². The van der Waals surface area contributed by atoms with E-state index >= 15 is 0 Å². The summed E-state index contributed by atoms with van der Waals surface area (Å²) in [4.78, 5) is 0. The summed E-state index contributed by atoms with van der Waals surface area (Å²) in [5.74, 6) is 2.68. The van der Waals surface area contributed by atoms with Crippen LogP contribution in [-0.2, 0) is 9.84 Å². The molecule has 0 aliphatic heterocycles. The molecule has 3 unspecified atom stereocenters. The molecule has 0 amide bonds. The van der Waals surface area contributed by atoms with Crippen LogP contribution in [0.5, 0.6) is 0 Å². The van der Waals surface area contributed by atoms with Gasteiger partial charge >= 0.3 is 0 Å². The van der Waals surface area contributed by atoms with Gasteiger partial charge in [-0.05, 0) is 50.0 Å². The van der Waals surface area contributed by atoms with Crippen LogP contribution in [-0.4, -0.2) is 26.5 Å². The molecule has 102 valence electrons. The van der Waals surface area contributed by atoms with Crippen molar-refractivity contribution in [2.24, 2.45) is 23.5 Å². The number of hydrogen-bond donors (Lipinski definition) is 1. The summed E-state index contributed by atoms with van der Waals surface area (Å²) >= 11 is 0. The Balaban J connectivity index is 2.38. The Morgan fingerprint density at radius 3 is 2.53 bits per heavy atom. The molecule has 0 heterocycles. The monoisotopic (exact) mass is 261 g/mol. The van der Waals surface area contributed by atoms with Gasteiger partial charge in [-0.2, -0.15) is 0 Å². The molecule has 2 N–H and O–H groups in total. The van der Waals surface area contributed by atoms with Crippen molar-refractivity contribution in [2.45, 2.75) is 46.0 Å². The molecule has 0 bridgehead atoms. The van der Waals surface area contributed by atoms with E-state index in [0.717, 1.165) is 25.3 Å². The van der Waals surface area contributed by atoms with Gasteiger partial charge in [0, 0.05) is 5.75 Å². The molecule has 0 saturated heterocycles. The third kappa shape index (κ3) is 4.96. The van der Waals surface area contributed by atoms with E-state index in [1.807, 2.05) is 0 Å². The van der Waals surface area contributed by atoms with E-state index in [-0.39, 0.29) is 5.75 Å². The Kier molecular flexibility index (Phi) is 5.93. The molecule has 0 spiro atoms. The molecular weight excluding hydrogens is 234 g/mol. The highest BCUT2D eigenvalue weighted by atomic mass is 32.2. The van der Waals surface area contributed by atoms with Crippen LogP contribution >= 0.6 is 0 Å². The first-order valence-corrected chi connectivity index (χ1v) is 8.71. The summed E-state index contributed by atoms with van der Waals surface area (Å²) in [5.41, 5.74) is 5.80. The lowest BCUT2D eigenvalue weighted by Crippen LogP contribution is -2.30. The number of nitrogens with two attached hydrogens (primary N) is 1. The van der Waals surface area contributed by atoms with Gasteiger partial charge in [-0.3, -0.25) is 0 Å². The fourth-order valence-electron chi connectivity index (χ4n) is 2.94. The first-order chi connectivity index (χ1) is 7.98. The Labute approximate surface area is 106 Å². The van der Waals surface area contributed by atoms with Crippen molar-refractivity contribution in [3.05, 3.63) is 0 Å². The predicted octanol–water partition coefficient (Wildman–Crippen LogP) is 2.21. The number of rotatable bonds is 6. The molecule has 4 heteroatoms. The lowest BCUT2D eigenvalue weighted by molar-refractivity contribution is 0.183. The van der Waals surface area contributed by atoms with E-state index in [1.165, 1.54) is 19.3 Å². The van der Waals surface area contributed by atoms with Crippen LogP contribution in [0.4, 0.5) is 0 Å². The topological polar surface area (TPSA) is 60.2 Å². The van der Waals surface area contributed by atoms with E-state index in [2.05, 4.69) is 6.92 Å². The van der Waals surface area contributed by atoms with Gasteiger partial charge in [0.2, 0.25) is 0 Å². The van der Waals surface area contributed by atoms with Gasteiger partial charge in [0.05, 0.1) is 5.75 Å². The van der Waals surface area contributed by atoms with Crippen molar-refractivity contribution in [1.82, 2.24) is 0 Å². The van der Waals surface area contributed by atoms with E-state index in [1.54, 1.807) is 6.92 Å². The Hall–Kier alpha value is -0.0900.